The van der Waals surface area contributed by atoms with Gasteiger partial charge in [-0.3, -0.25) is 4.72 Å². The van der Waals surface area contributed by atoms with Crippen LogP contribution in [0.3, 0.4) is 0 Å². The number of esters is 1. The molecule has 0 saturated heterocycles. The van der Waals surface area contributed by atoms with Gasteiger partial charge in [0.05, 0.1) is 22.7 Å². The molecular formula is C15H14N2O5S. The molecule has 2 heterocycles. The molecule has 2 aromatic rings. The summed E-state index contributed by atoms with van der Waals surface area (Å²) in [5, 5.41) is 3.95. The van der Waals surface area contributed by atoms with Gasteiger partial charge in [-0.05, 0) is 30.5 Å². The van der Waals surface area contributed by atoms with Crippen molar-refractivity contribution < 1.29 is 22.5 Å². The zero-order valence-electron chi connectivity index (χ0n) is 12.1. The van der Waals surface area contributed by atoms with Crippen molar-refractivity contribution in [3.63, 3.8) is 0 Å². The van der Waals surface area contributed by atoms with Crippen molar-refractivity contribution in [3.8, 4) is 0 Å². The second-order valence-corrected chi connectivity index (χ2v) is 7.52. The molecule has 1 N–H and O–H groups in total. The lowest BCUT2D eigenvalue weighted by atomic mass is 10.1. The number of hydrogen-bond donors (Lipinski definition) is 1. The lowest BCUT2D eigenvalue weighted by Gasteiger charge is -2.04. The summed E-state index contributed by atoms with van der Waals surface area (Å²) in [6, 6.07) is 6.46. The van der Waals surface area contributed by atoms with E-state index >= 15 is 0 Å². The van der Waals surface area contributed by atoms with Gasteiger partial charge in [-0.1, -0.05) is 11.2 Å². The van der Waals surface area contributed by atoms with Crippen molar-refractivity contribution in [1.29, 1.82) is 0 Å². The molecule has 0 radical (unpaired) electrons. The summed E-state index contributed by atoms with van der Waals surface area (Å²) < 4.78 is 35.7. The van der Waals surface area contributed by atoms with E-state index in [1.54, 1.807) is 12.1 Å². The Hall–Kier alpha value is -2.35. The number of carbonyl (C=O) groups excluding carboxylic acids is 1. The van der Waals surface area contributed by atoms with Crippen LogP contribution in [0.2, 0.25) is 0 Å². The van der Waals surface area contributed by atoms with Crippen molar-refractivity contribution in [2.24, 2.45) is 0 Å². The average Bonchev–Trinajstić information content (AvgIpc) is 3.16. The molecule has 1 aliphatic heterocycles. The second kappa shape index (κ2) is 5.09. The fraction of sp³-hybridized carbons (Fsp3) is 0.333. The smallest absolute Gasteiger partial charge is 0.338 e. The number of carbonyl (C=O) groups is 1. The molecule has 23 heavy (non-hydrogen) atoms. The van der Waals surface area contributed by atoms with Crippen LogP contribution in [0.1, 0.15) is 46.1 Å². The van der Waals surface area contributed by atoms with Gasteiger partial charge in [0.25, 0.3) is 0 Å². The van der Waals surface area contributed by atoms with E-state index in [0.717, 1.165) is 18.5 Å². The Balaban J connectivity index is 1.43. The van der Waals surface area contributed by atoms with Crippen molar-refractivity contribution in [3.05, 3.63) is 46.8 Å². The van der Waals surface area contributed by atoms with Gasteiger partial charge >= 0.3 is 5.97 Å². The van der Waals surface area contributed by atoms with Crippen LogP contribution in [0.4, 0.5) is 5.69 Å². The summed E-state index contributed by atoms with van der Waals surface area (Å²) in [5.41, 5.74) is 2.26. The zero-order valence-corrected chi connectivity index (χ0v) is 12.9. The van der Waals surface area contributed by atoms with E-state index in [2.05, 4.69) is 9.88 Å². The lowest BCUT2D eigenvalue weighted by molar-refractivity contribution is 0.0437. The Labute approximate surface area is 132 Å². The van der Waals surface area contributed by atoms with Crippen molar-refractivity contribution in [1.82, 2.24) is 5.16 Å². The number of sulfonamides is 1. The first kappa shape index (κ1) is 14.3. The van der Waals surface area contributed by atoms with Gasteiger partial charge < -0.3 is 9.26 Å². The monoisotopic (exact) mass is 334 g/mol. The SMILES string of the molecule is O=C(OCc1cc(C2CC2)no1)c1ccc2c(c1)NS(=O)(=O)C2. The summed E-state index contributed by atoms with van der Waals surface area (Å²) in [6.07, 6.45) is 2.24. The normalized spacial score (nSPS) is 18.3. The molecule has 1 fully saturated rings. The molecular weight excluding hydrogens is 320 g/mol. The Morgan fingerprint density at radius 1 is 1.35 bits per heavy atom. The zero-order chi connectivity index (χ0) is 16.0. The highest BCUT2D eigenvalue weighted by Gasteiger charge is 2.27. The number of hydrogen-bond acceptors (Lipinski definition) is 6. The predicted octanol–water partition coefficient (Wildman–Crippen LogP) is 2.16. The average molecular weight is 334 g/mol. The number of rotatable bonds is 4. The quantitative estimate of drug-likeness (QED) is 0.860. The minimum Gasteiger partial charge on any atom is -0.454 e. The Kier molecular flexibility index (Phi) is 3.15. The number of ether oxygens (including phenoxy) is 1. The number of aromatic nitrogens is 1. The van der Waals surface area contributed by atoms with E-state index in [9.17, 15) is 13.2 Å². The topological polar surface area (TPSA) is 98.5 Å². The van der Waals surface area contributed by atoms with Crippen LogP contribution in [0, 0.1) is 0 Å². The molecule has 1 saturated carbocycles. The van der Waals surface area contributed by atoms with Gasteiger partial charge in [-0.25, -0.2) is 13.2 Å². The number of benzene rings is 1. The third-order valence-corrected chi connectivity index (χ3v) is 5.10. The molecule has 1 aromatic carbocycles. The first-order valence-corrected chi connectivity index (χ1v) is 8.91. The largest absolute Gasteiger partial charge is 0.454 e. The molecule has 0 amide bonds. The fourth-order valence-corrected chi connectivity index (χ4v) is 3.78. The van der Waals surface area contributed by atoms with E-state index in [1.165, 1.54) is 6.07 Å². The highest BCUT2D eigenvalue weighted by atomic mass is 32.2. The molecule has 4 rings (SSSR count). The van der Waals surface area contributed by atoms with Crippen LogP contribution < -0.4 is 4.72 Å². The summed E-state index contributed by atoms with van der Waals surface area (Å²) in [4.78, 5) is 12.1. The Morgan fingerprint density at radius 3 is 2.96 bits per heavy atom. The van der Waals surface area contributed by atoms with E-state index in [4.69, 9.17) is 9.26 Å². The Bertz CT molecular complexity index is 883. The molecule has 7 nitrogen and oxygen atoms in total. The highest BCUT2D eigenvalue weighted by Crippen LogP contribution is 2.39. The van der Waals surface area contributed by atoms with Crippen LogP contribution in [0.15, 0.2) is 28.8 Å². The molecule has 1 aliphatic carbocycles. The maximum atomic E-state index is 12.1. The molecule has 8 heteroatoms. The van der Waals surface area contributed by atoms with Gasteiger partial charge in [0.2, 0.25) is 10.0 Å². The van der Waals surface area contributed by atoms with Gasteiger partial charge in [0.15, 0.2) is 12.4 Å². The van der Waals surface area contributed by atoms with E-state index in [-0.39, 0.29) is 17.9 Å². The molecule has 120 valence electrons. The number of fused-ring (bicyclic) bond motifs is 1. The van der Waals surface area contributed by atoms with Crippen LogP contribution in [-0.4, -0.2) is 19.5 Å². The molecule has 1 aromatic heterocycles. The van der Waals surface area contributed by atoms with Crippen molar-refractivity contribution in [2.45, 2.75) is 31.1 Å². The van der Waals surface area contributed by atoms with Crippen molar-refractivity contribution >= 4 is 21.7 Å². The molecule has 0 spiro atoms. The highest BCUT2D eigenvalue weighted by molar-refractivity contribution is 7.92. The van der Waals surface area contributed by atoms with E-state index in [0.29, 0.717) is 22.9 Å². The maximum Gasteiger partial charge on any atom is 0.338 e. The summed E-state index contributed by atoms with van der Waals surface area (Å²) in [6.45, 7) is 0.00135. The first-order valence-electron chi connectivity index (χ1n) is 7.26. The molecule has 0 bridgehead atoms. The van der Waals surface area contributed by atoms with Crippen molar-refractivity contribution in [2.75, 3.05) is 4.72 Å². The molecule has 2 aliphatic rings. The predicted molar refractivity (Wildman–Crippen MR) is 80.3 cm³/mol. The maximum absolute atomic E-state index is 12.1. The van der Waals surface area contributed by atoms with E-state index < -0.39 is 16.0 Å². The fourth-order valence-electron chi connectivity index (χ4n) is 2.52. The number of anilines is 1. The van der Waals surface area contributed by atoms with Crippen LogP contribution >= 0.6 is 0 Å². The summed E-state index contributed by atoms with van der Waals surface area (Å²) >= 11 is 0. The van der Waals surface area contributed by atoms with Gasteiger partial charge in [0, 0.05) is 12.0 Å². The molecule has 0 unspecified atom stereocenters. The van der Waals surface area contributed by atoms with Crippen LogP contribution in [-0.2, 0) is 27.1 Å². The number of nitrogens with zero attached hydrogens (tertiary/aromatic N) is 1. The van der Waals surface area contributed by atoms with Gasteiger partial charge in [0.1, 0.15) is 0 Å². The minimum absolute atomic E-state index is 0.00135. The Morgan fingerprint density at radius 2 is 2.17 bits per heavy atom. The molecule has 0 atom stereocenters. The number of nitrogens with one attached hydrogen (secondary N) is 1. The van der Waals surface area contributed by atoms with Gasteiger partial charge in [-0.2, -0.15) is 0 Å². The van der Waals surface area contributed by atoms with Gasteiger partial charge in [-0.15, -0.1) is 0 Å². The standard InChI is InChI=1S/C15H14N2O5S/c18-15(21-7-12-6-13(16-22-12)9-1-2-9)10-3-4-11-8-23(19,20)17-14(11)5-10/h3-6,9,17H,1-2,7-8H2. The lowest BCUT2D eigenvalue weighted by Crippen LogP contribution is -2.06. The minimum atomic E-state index is -3.33. The second-order valence-electron chi connectivity index (χ2n) is 5.80. The third kappa shape index (κ3) is 2.94. The van der Waals surface area contributed by atoms with Crippen LogP contribution in [0.25, 0.3) is 0 Å². The van der Waals surface area contributed by atoms with Crippen LogP contribution in [0.5, 0.6) is 0 Å². The third-order valence-electron chi connectivity index (χ3n) is 3.87. The summed E-state index contributed by atoms with van der Waals surface area (Å²) in [5.74, 6) is 0.373. The summed E-state index contributed by atoms with van der Waals surface area (Å²) in [7, 11) is -3.33. The van der Waals surface area contributed by atoms with E-state index in [1.807, 2.05) is 6.07 Å². The first-order chi connectivity index (χ1) is 11.0.